The third-order valence-electron chi connectivity index (χ3n) is 4.12. The molecule has 0 radical (unpaired) electrons. The van der Waals surface area contributed by atoms with Crippen molar-refractivity contribution in [1.82, 2.24) is 5.32 Å². The summed E-state index contributed by atoms with van der Waals surface area (Å²) in [6.45, 7) is 8.58. The summed E-state index contributed by atoms with van der Waals surface area (Å²) in [7, 11) is 0. The van der Waals surface area contributed by atoms with Crippen molar-refractivity contribution in [2.75, 3.05) is 13.1 Å². The fraction of sp³-hybridized carbons (Fsp3) is 0.625. The number of rotatable bonds is 4. The Balaban J connectivity index is 2.11. The lowest BCUT2D eigenvalue weighted by molar-refractivity contribution is -0.172. The van der Waals surface area contributed by atoms with Gasteiger partial charge in [0.15, 0.2) is 0 Å². The molecule has 0 aromatic heterocycles. The van der Waals surface area contributed by atoms with Crippen LogP contribution in [0.5, 0.6) is 0 Å². The van der Waals surface area contributed by atoms with Gasteiger partial charge >= 0.3 is 0 Å². The van der Waals surface area contributed by atoms with Gasteiger partial charge in [0.1, 0.15) is 0 Å². The quantitative estimate of drug-likeness (QED) is 0.882. The fourth-order valence-electron chi connectivity index (χ4n) is 2.92. The van der Waals surface area contributed by atoms with Crippen molar-refractivity contribution >= 4 is 0 Å². The normalized spacial score (nSPS) is 27.1. The van der Waals surface area contributed by atoms with Crippen LogP contribution in [0.3, 0.4) is 0 Å². The highest BCUT2D eigenvalue weighted by Crippen LogP contribution is 2.32. The summed E-state index contributed by atoms with van der Waals surface area (Å²) in [5.41, 5.74) is 1.28. The summed E-state index contributed by atoms with van der Waals surface area (Å²) >= 11 is 0. The second-order valence-electron chi connectivity index (χ2n) is 5.71. The highest BCUT2D eigenvalue weighted by molar-refractivity contribution is 5.17. The summed E-state index contributed by atoms with van der Waals surface area (Å²) in [4.78, 5) is 0. The first-order chi connectivity index (χ1) is 8.61. The Morgan fingerprint density at radius 3 is 2.39 bits per heavy atom. The first-order valence-electron chi connectivity index (χ1n) is 7.06. The van der Waals surface area contributed by atoms with E-state index in [1.165, 1.54) is 5.56 Å². The molecule has 1 aromatic rings. The van der Waals surface area contributed by atoms with Crippen molar-refractivity contribution in [3.05, 3.63) is 35.9 Å². The van der Waals surface area contributed by atoms with E-state index in [1.807, 2.05) is 0 Å². The second kappa shape index (κ2) is 5.41. The molecular weight excluding hydrogens is 222 g/mol. The molecule has 2 heteroatoms. The number of ether oxygens (including phenoxy) is 1. The second-order valence-corrected chi connectivity index (χ2v) is 5.71. The molecular formula is C16H25NO. The Hall–Kier alpha value is -0.860. The Morgan fingerprint density at radius 2 is 1.78 bits per heavy atom. The summed E-state index contributed by atoms with van der Waals surface area (Å²) in [5, 5.41) is 3.56. The maximum Gasteiger partial charge on any atom is 0.0826 e. The van der Waals surface area contributed by atoms with E-state index in [4.69, 9.17) is 4.74 Å². The molecule has 1 saturated heterocycles. The molecule has 2 rings (SSSR count). The van der Waals surface area contributed by atoms with E-state index in [-0.39, 0.29) is 11.2 Å². The predicted molar refractivity (Wildman–Crippen MR) is 75.8 cm³/mol. The summed E-state index contributed by atoms with van der Waals surface area (Å²) in [5.74, 6) is 0. The van der Waals surface area contributed by atoms with E-state index in [9.17, 15) is 0 Å². The van der Waals surface area contributed by atoms with Gasteiger partial charge in [0, 0.05) is 19.5 Å². The zero-order valence-corrected chi connectivity index (χ0v) is 11.8. The third-order valence-corrected chi connectivity index (χ3v) is 4.12. The van der Waals surface area contributed by atoms with Crippen LogP contribution in [0.15, 0.2) is 30.3 Å². The van der Waals surface area contributed by atoms with Gasteiger partial charge in [-0.15, -0.1) is 0 Å². The van der Waals surface area contributed by atoms with Crippen molar-refractivity contribution in [3.63, 3.8) is 0 Å². The molecule has 0 spiro atoms. The average Bonchev–Trinajstić information content (AvgIpc) is 2.39. The van der Waals surface area contributed by atoms with Gasteiger partial charge in [-0.3, -0.25) is 0 Å². The van der Waals surface area contributed by atoms with E-state index in [1.54, 1.807) is 0 Å². The van der Waals surface area contributed by atoms with E-state index in [0.717, 1.165) is 32.4 Å². The highest BCUT2D eigenvalue weighted by Gasteiger charge is 2.40. The minimum absolute atomic E-state index is 0.0157. The van der Waals surface area contributed by atoms with Crippen molar-refractivity contribution in [1.29, 1.82) is 0 Å². The standard InChI is InChI=1S/C16H25NO/c1-4-16(5-2)13-17-12-15(3,18-16)11-14-9-7-6-8-10-14/h6-10,17H,4-5,11-13H2,1-3H3. The van der Waals surface area contributed by atoms with Crippen molar-refractivity contribution in [2.24, 2.45) is 0 Å². The molecule has 1 unspecified atom stereocenters. The monoisotopic (exact) mass is 247 g/mol. The first-order valence-corrected chi connectivity index (χ1v) is 7.06. The fourth-order valence-corrected chi connectivity index (χ4v) is 2.92. The van der Waals surface area contributed by atoms with E-state index in [0.29, 0.717) is 0 Å². The topological polar surface area (TPSA) is 21.3 Å². The van der Waals surface area contributed by atoms with Gasteiger partial charge in [-0.05, 0) is 25.3 Å². The number of hydrogen-bond donors (Lipinski definition) is 1. The molecule has 100 valence electrons. The van der Waals surface area contributed by atoms with Gasteiger partial charge in [-0.25, -0.2) is 0 Å². The smallest absolute Gasteiger partial charge is 0.0826 e. The molecule has 1 atom stereocenters. The molecule has 1 aliphatic heterocycles. The van der Waals surface area contributed by atoms with Crippen LogP contribution in [0.25, 0.3) is 0 Å². The minimum Gasteiger partial charge on any atom is -0.366 e. The Bertz CT molecular complexity index is 372. The molecule has 0 bridgehead atoms. The van der Waals surface area contributed by atoms with Crippen LogP contribution in [0.4, 0.5) is 0 Å². The van der Waals surface area contributed by atoms with Crippen LogP contribution in [-0.2, 0) is 11.2 Å². The average molecular weight is 247 g/mol. The zero-order chi connectivity index (χ0) is 13.1. The summed E-state index contributed by atoms with van der Waals surface area (Å²) in [6.07, 6.45) is 3.12. The molecule has 1 aliphatic rings. The maximum atomic E-state index is 6.50. The maximum absolute atomic E-state index is 6.50. The van der Waals surface area contributed by atoms with Gasteiger partial charge in [0.05, 0.1) is 11.2 Å². The lowest BCUT2D eigenvalue weighted by Crippen LogP contribution is -2.59. The molecule has 2 nitrogen and oxygen atoms in total. The van der Waals surface area contributed by atoms with Crippen LogP contribution < -0.4 is 5.32 Å². The number of nitrogens with one attached hydrogen (secondary N) is 1. The van der Waals surface area contributed by atoms with E-state index < -0.39 is 0 Å². The number of benzene rings is 1. The Morgan fingerprint density at radius 1 is 1.11 bits per heavy atom. The van der Waals surface area contributed by atoms with Gasteiger partial charge in [0.2, 0.25) is 0 Å². The predicted octanol–water partition coefficient (Wildman–Crippen LogP) is 3.17. The van der Waals surface area contributed by atoms with Crippen LogP contribution in [0, 0.1) is 0 Å². The van der Waals surface area contributed by atoms with E-state index >= 15 is 0 Å². The Kier molecular flexibility index (Phi) is 4.08. The molecule has 0 amide bonds. The van der Waals surface area contributed by atoms with Crippen LogP contribution in [0.2, 0.25) is 0 Å². The zero-order valence-electron chi connectivity index (χ0n) is 11.8. The number of hydrogen-bond acceptors (Lipinski definition) is 2. The molecule has 1 heterocycles. The van der Waals surface area contributed by atoms with Crippen molar-refractivity contribution in [2.45, 2.75) is 51.2 Å². The highest BCUT2D eigenvalue weighted by atomic mass is 16.5. The molecule has 18 heavy (non-hydrogen) atoms. The first kappa shape index (κ1) is 13.6. The molecule has 0 aliphatic carbocycles. The largest absolute Gasteiger partial charge is 0.366 e. The van der Waals surface area contributed by atoms with Gasteiger partial charge < -0.3 is 10.1 Å². The molecule has 0 saturated carbocycles. The third kappa shape index (κ3) is 2.93. The summed E-state index contributed by atoms with van der Waals surface area (Å²) < 4.78 is 6.50. The van der Waals surface area contributed by atoms with Crippen LogP contribution in [0.1, 0.15) is 39.2 Å². The molecule has 1 fully saturated rings. The summed E-state index contributed by atoms with van der Waals surface area (Å²) in [6, 6.07) is 10.6. The molecule has 1 N–H and O–H groups in total. The van der Waals surface area contributed by atoms with E-state index in [2.05, 4.69) is 56.4 Å². The van der Waals surface area contributed by atoms with Crippen molar-refractivity contribution < 1.29 is 4.74 Å². The molecule has 1 aromatic carbocycles. The lowest BCUT2D eigenvalue weighted by atomic mass is 9.88. The Labute approximate surface area is 111 Å². The van der Waals surface area contributed by atoms with Gasteiger partial charge in [-0.2, -0.15) is 0 Å². The van der Waals surface area contributed by atoms with Crippen molar-refractivity contribution in [3.8, 4) is 0 Å². The van der Waals surface area contributed by atoms with Crippen LogP contribution >= 0.6 is 0 Å². The van der Waals surface area contributed by atoms with Crippen LogP contribution in [-0.4, -0.2) is 24.3 Å². The number of morpholine rings is 1. The van der Waals surface area contributed by atoms with Gasteiger partial charge in [0.25, 0.3) is 0 Å². The lowest BCUT2D eigenvalue weighted by Gasteiger charge is -2.47. The SMILES string of the molecule is CCC1(CC)CNCC(C)(Cc2ccccc2)O1. The van der Waals surface area contributed by atoms with Gasteiger partial charge in [-0.1, -0.05) is 44.2 Å². The minimum atomic E-state index is -0.0916.